The van der Waals surface area contributed by atoms with Crippen molar-refractivity contribution in [1.82, 2.24) is 5.32 Å². The molecule has 0 bridgehead atoms. The molecule has 20 heavy (non-hydrogen) atoms. The fourth-order valence-electron chi connectivity index (χ4n) is 1.84. The Balaban J connectivity index is 2.35. The Morgan fingerprint density at radius 1 is 1.15 bits per heavy atom. The summed E-state index contributed by atoms with van der Waals surface area (Å²) in [5.74, 6) is 0.892. The molecular formula is C16H26N2O2. The SMILES string of the molecule is CCCOc1ccc(NCC(=O)NC(CC)CC)cc1. The molecule has 0 saturated carbocycles. The van der Waals surface area contributed by atoms with Crippen LogP contribution in [0.25, 0.3) is 0 Å². The number of carbonyl (C=O) groups is 1. The first-order chi connectivity index (χ1) is 9.69. The van der Waals surface area contributed by atoms with Crippen LogP contribution in [0.3, 0.4) is 0 Å². The van der Waals surface area contributed by atoms with E-state index in [9.17, 15) is 4.79 Å². The molecular weight excluding hydrogens is 252 g/mol. The van der Waals surface area contributed by atoms with Gasteiger partial charge in [0.05, 0.1) is 13.2 Å². The smallest absolute Gasteiger partial charge is 0.239 e. The molecule has 1 rings (SSSR count). The maximum Gasteiger partial charge on any atom is 0.239 e. The van der Waals surface area contributed by atoms with Crippen molar-refractivity contribution in [3.63, 3.8) is 0 Å². The van der Waals surface area contributed by atoms with Gasteiger partial charge in [-0.2, -0.15) is 0 Å². The van der Waals surface area contributed by atoms with Crippen LogP contribution in [0.15, 0.2) is 24.3 Å². The number of hydrogen-bond acceptors (Lipinski definition) is 3. The highest BCUT2D eigenvalue weighted by molar-refractivity contribution is 5.80. The molecule has 0 aliphatic carbocycles. The van der Waals surface area contributed by atoms with Crippen LogP contribution >= 0.6 is 0 Å². The van der Waals surface area contributed by atoms with Gasteiger partial charge in [-0.3, -0.25) is 4.79 Å². The van der Waals surface area contributed by atoms with Crippen molar-refractivity contribution in [2.45, 2.75) is 46.1 Å². The van der Waals surface area contributed by atoms with Gasteiger partial charge in [-0.1, -0.05) is 20.8 Å². The van der Waals surface area contributed by atoms with Crippen LogP contribution in [0, 0.1) is 0 Å². The van der Waals surface area contributed by atoms with E-state index in [1.165, 1.54) is 0 Å². The maximum absolute atomic E-state index is 11.8. The molecule has 4 heteroatoms. The fourth-order valence-corrected chi connectivity index (χ4v) is 1.84. The second-order valence-corrected chi connectivity index (χ2v) is 4.81. The van der Waals surface area contributed by atoms with Gasteiger partial charge in [-0.05, 0) is 43.5 Å². The van der Waals surface area contributed by atoms with Crippen molar-refractivity contribution < 1.29 is 9.53 Å². The molecule has 0 spiro atoms. The molecule has 1 aromatic carbocycles. The van der Waals surface area contributed by atoms with Crippen LogP contribution in [-0.4, -0.2) is 25.1 Å². The zero-order chi connectivity index (χ0) is 14.8. The van der Waals surface area contributed by atoms with Gasteiger partial charge in [0.1, 0.15) is 5.75 Å². The first kappa shape index (κ1) is 16.3. The Hall–Kier alpha value is -1.71. The van der Waals surface area contributed by atoms with Crippen molar-refractivity contribution in [1.29, 1.82) is 0 Å². The van der Waals surface area contributed by atoms with Gasteiger partial charge in [0, 0.05) is 11.7 Å². The lowest BCUT2D eigenvalue weighted by Crippen LogP contribution is -2.37. The van der Waals surface area contributed by atoms with Crippen molar-refractivity contribution in [3.8, 4) is 5.75 Å². The Morgan fingerprint density at radius 3 is 2.35 bits per heavy atom. The zero-order valence-electron chi connectivity index (χ0n) is 12.7. The average molecular weight is 278 g/mol. The van der Waals surface area contributed by atoms with Crippen LogP contribution in [0.5, 0.6) is 5.75 Å². The number of anilines is 1. The second-order valence-electron chi connectivity index (χ2n) is 4.81. The van der Waals surface area contributed by atoms with E-state index in [0.717, 1.165) is 37.3 Å². The van der Waals surface area contributed by atoms with Crippen LogP contribution in [0.1, 0.15) is 40.0 Å². The van der Waals surface area contributed by atoms with E-state index in [4.69, 9.17) is 4.74 Å². The third-order valence-corrected chi connectivity index (χ3v) is 3.13. The Bertz CT molecular complexity index is 386. The van der Waals surface area contributed by atoms with Gasteiger partial charge in [0.25, 0.3) is 0 Å². The lowest BCUT2D eigenvalue weighted by atomic mass is 10.2. The number of nitrogens with one attached hydrogen (secondary N) is 2. The molecule has 1 aromatic rings. The molecule has 0 saturated heterocycles. The number of rotatable bonds is 9. The minimum Gasteiger partial charge on any atom is -0.494 e. The van der Waals surface area contributed by atoms with E-state index in [1.807, 2.05) is 24.3 Å². The fraction of sp³-hybridized carbons (Fsp3) is 0.562. The molecule has 112 valence electrons. The van der Waals surface area contributed by atoms with E-state index < -0.39 is 0 Å². The molecule has 4 nitrogen and oxygen atoms in total. The topological polar surface area (TPSA) is 50.4 Å². The van der Waals surface area contributed by atoms with Crippen molar-refractivity contribution in [2.75, 3.05) is 18.5 Å². The first-order valence-electron chi connectivity index (χ1n) is 7.45. The summed E-state index contributed by atoms with van der Waals surface area (Å²) in [6.45, 7) is 7.26. The monoisotopic (exact) mass is 278 g/mol. The van der Waals surface area contributed by atoms with Gasteiger partial charge in [-0.25, -0.2) is 0 Å². The molecule has 0 unspecified atom stereocenters. The minimum absolute atomic E-state index is 0.0324. The Labute approximate surface area is 121 Å². The summed E-state index contributed by atoms with van der Waals surface area (Å²) in [6, 6.07) is 7.95. The Kier molecular flexibility index (Phi) is 7.55. The van der Waals surface area contributed by atoms with E-state index in [1.54, 1.807) is 0 Å². The molecule has 0 heterocycles. The predicted octanol–water partition coefficient (Wildman–Crippen LogP) is 3.19. The third kappa shape index (κ3) is 5.95. The summed E-state index contributed by atoms with van der Waals surface area (Å²) >= 11 is 0. The summed E-state index contributed by atoms with van der Waals surface area (Å²) in [4.78, 5) is 11.8. The van der Waals surface area contributed by atoms with Crippen molar-refractivity contribution >= 4 is 11.6 Å². The van der Waals surface area contributed by atoms with Crippen LogP contribution < -0.4 is 15.4 Å². The van der Waals surface area contributed by atoms with E-state index >= 15 is 0 Å². The largest absolute Gasteiger partial charge is 0.494 e. The van der Waals surface area contributed by atoms with Crippen molar-refractivity contribution in [2.24, 2.45) is 0 Å². The van der Waals surface area contributed by atoms with Gasteiger partial charge >= 0.3 is 0 Å². The summed E-state index contributed by atoms with van der Waals surface area (Å²) in [6.07, 6.45) is 2.92. The normalized spacial score (nSPS) is 10.4. The van der Waals surface area contributed by atoms with Crippen LogP contribution in [-0.2, 0) is 4.79 Å². The quantitative estimate of drug-likeness (QED) is 0.729. The van der Waals surface area contributed by atoms with Gasteiger partial charge in [0.2, 0.25) is 5.91 Å². The lowest BCUT2D eigenvalue weighted by Gasteiger charge is -2.15. The highest BCUT2D eigenvalue weighted by atomic mass is 16.5. The van der Waals surface area contributed by atoms with Crippen molar-refractivity contribution in [3.05, 3.63) is 24.3 Å². The molecule has 1 amide bonds. The Morgan fingerprint density at radius 2 is 1.80 bits per heavy atom. The second kappa shape index (κ2) is 9.23. The third-order valence-electron chi connectivity index (χ3n) is 3.13. The maximum atomic E-state index is 11.8. The lowest BCUT2D eigenvalue weighted by molar-refractivity contribution is -0.120. The first-order valence-corrected chi connectivity index (χ1v) is 7.45. The van der Waals surface area contributed by atoms with Gasteiger partial charge in [-0.15, -0.1) is 0 Å². The molecule has 0 atom stereocenters. The van der Waals surface area contributed by atoms with Gasteiger partial charge in [0.15, 0.2) is 0 Å². The number of ether oxygens (including phenoxy) is 1. The molecule has 0 aromatic heterocycles. The predicted molar refractivity (Wildman–Crippen MR) is 83.2 cm³/mol. The average Bonchev–Trinajstić information content (AvgIpc) is 2.49. The van der Waals surface area contributed by atoms with E-state index in [-0.39, 0.29) is 11.9 Å². The molecule has 0 fully saturated rings. The highest BCUT2D eigenvalue weighted by Crippen LogP contribution is 2.15. The van der Waals surface area contributed by atoms with Crippen LogP contribution in [0.4, 0.5) is 5.69 Å². The van der Waals surface area contributed by atoms with Crippen LogP contribution in [0.2, 0.25) is 0 Å². The molecule has 0 aliphatic rings. The number of carbonyl (C=O) groups excluding carboxylic acids is 1. The molecule has 2 N–H and O–H groups in total. The van der Waals surface area contributed by atoms with E-state index in [2.05, 4.69) is 31.4 Å². The van der Waals surface area contributed by atoms with Gasteiger partial charge < -0.3 is 15.4 Å². The summed E-state index contributed by atoms with van der Waals surface area (Å²) in [7, 11) is 0. The minimum atomic E-state index is 0.0324. The molecule has 0 radical (unpaired) electrons. The summed E-state index contributed by atoms with van der Waals surface area (Å²) in [5, 5.41) is 6.11. The highest BCUT2D eigenvalue weighted by Gasteiger charge is 2.07. The molecule has 0 aliphatic heterocycles. The summed E-state index contributed by atoms with van der Waals surface area (Å²) < 4.78 is 5.51. The number of amides is 1. The summed E-state index contributed by atoms with van der Waals surface area (Å²) in [5.41, 5.74) is 0.925. The zero-order valence-corrected chi connectivity index (χ0v) is 12.7. The van der Waals surface area contributed by atoms with E-state index in [0.29, 0.717) is 6.54 Å². The number of hydrogen-bond donors (Lipinski definition) is 2. The standard InChI is InChI=1S/C16H26N2O2/c1-4-11-20-15-9-7-14(8-10-15)17-12-16(19)18-13(5-2)6-3/h7-10,13,17H,4-6,11-12H2,1-3H3,(H,18,19). The number of benzene rings is 1.